The third-order valence-electron chi connectivity index (χ3n) is 6.85. The number of aryl methyl sites for hydroxylation is 2. The van der Waals surface area contributed by atoms with Gasteiger partial charge in [-0.2, -0.15) is 13.2 Å². The lowest BCUT2D eigenvalue weighted by atomic mass is 9.88. The molecular formula is C27H24F4N4O2. The van der Waals surface area contributed by atoms with Crippen LogP contribution in [0.25, 0.3) is 22.2 Å². The Morgan fingerprint density at radius 2 is 1.86 bits per heavy atom. The van der Waals surface area contributed by atoms with Crippen LogP contribution in [0.3, 0.4) is 0 Å². The summed E-state index contributed by atoms with van der Waals surface area (Å²) in [4.78, 5) is 26.6. The highest BCUT2D eigenvalue weighted by atomic mass is 19.4. The van der Waals surface area contributed by atoms with E-state index in [1.54, 1.807) is 26.2 Å². The van der Waals surface area contributed by atoms with Gasteiger partial charge in [-0.25, -0.2) is 9.37 Å². The summed E-state index contributed by atoms with van der Waals surface area (Å²) in [5, 5.41) is 0.232. The molecule has 0 N–H and O–H groups in total. The lowest BCUT2D eigenvalue weighted by Gasteiger charge is -2.30. The third kappa shape index (κ3) is 4.73. The van der Waals surface area contributed by atoms with Gasteiger partial charge in [-0.1, -0.05) is 0 Å². The number of benzene rings is 1. The number of pyridine rings is 2. The molecule has 0 saturated carbocycles. The van der Waals surface area contributed by atoms with Gasteiger partial charge in [0.2, 0.25) is 0 Å². The van der Waals surface area contributed by atoms with E-state index in [9.17, 15) is 18.0 Å². The van der Waals surface area contributed by atoms with E-state index < -0.39 is 17.6 Å². The molecule has 1 aliphatic heterocycles. The van der Waals surface area contributed by atoms with E-state index >= 15 is 4.39 Å². The molecule has 0 radical (unpaired) electrons. The quantitative estimate of drug-likeness (QED) is 0.325. The first-order chi connectivity index (χ1) is 17.5. The molecule has 192 valence electrons. The summed E-state index contributed by atoms with van der Waals surface area (Å²) < 4.78 is 61.9. The van der Waals surface area contributed by atoms with Gasteiger partial charge in [0.1, 0.15) is 17.2 Å². The summed E-state index contributed by atoms with van der Waals surface area (Å²) in [6.45, 7) is 3.97. The second-order valence-electron chi connectivity index (χ2n) is 9.32. The first kappa shape index (κ1) is 25.0. The number of halogens is 4. The molecule has 4 heterocycles. The minimum absolute atomic E-state index is 0.0438. The molecule has 2 atom stereocenters. The van der Waals surface area contributed by atoms with Crippen molar-refractivity contribution in [3.63, 3.8) is 0 Å². The maximum Gasteiger partial charge on any atom is 0.416 e. The Bertz CT molecular complexity index is 1570. The van der Waals surface area contributed by atoms with Crippen LogP contribution in [0, 0.1) is 19.7 Å². The normalized spacial score (nSPS) is 18.4. The Morgan fingerprint density at radius 3 is 2.57 bits per heavy atom. The second kappa shape index (κ2) is 9.33. The fourth-order valence-electron chi connectivity index (χ4n) is 4.74. The number of alkyl halides is 3. The van der Waals surface area contributed by atoms with Crippen LogP contribution in [0.2, 0.25) is 0 Å². The van der Waals surface area contributed by atoms with Gasteiger partial charge in [0.25, 0.3) is 5.56 Å². The molecule has 4 aromatic rings. The van der Waals surface area contributed by atoms with Crippen LogP contribution in [0.15, 0.2) is 47.4 Å². The first-order valence-corrected chi connectivity index (χ1v) is 11.8. The summed E-state index contributed by atoms with van der Waals surface area (Å²) in [5.41, 5.74) is 0.982. The van der Waals surface area contributed by atoms with Crippen LogP contribution in [-0.2, 0) is 18.0 Å². The van der Waals surface area contributed by atoms with Crippen LogP contribution in [0.5, 0.6) is 0 Å². The molecule has 10 heteroatoms. The van der Waals surface area contributed by atoms with Gasteiger partial charge in [0, 0.05) is 42.7 Å². The average molecular weight is 513 g/mol. The number of rotatable bonds is 3. The highest BCUT2D eigenvalue weighted by Crippen LogP contribution is 2.39. The van der Waals surface area contributed by atoms with Crippen molar-refractivity contribution in [2.75, 3.05) is 6.61 Å². The summed E-state index contributed by atoms with van der Waals surface area (Å²) in [6.07, 6.45) is -2.01. The van der Waals surface area contributed by atoms with Gasteiger partial charge in [-0.05, 0) is 68.7 Å². The minimum Gasteiger partial charge on any atom is -0.373 e. The van der Waals surface area contributed by atoms with Crippen LogP contribution in [0.4, 0.5) is 17.6 Å². The van der Waals surface area contributed by atoms with E-state index in [0.717, 1.165) is 23.4 Å². The topological polar surface area (TPSA) is 69.9 Å². The van der Waals surface area contributed by atoms with Gasteiger partial charge in [-0.3, -0.25) is 19.3 Å². The molecule has 1 fully saturated rings. The Hall–Kier alpha value is -3.66. The van der Waals surface area contributed by atoms with Crippen molar-refractivity contribution in [3.05, 3.63) is 87.1 Å². The molecule has 1 saturated heterocycles. The van der Waals surface area contributed by atoms with E-state index in [1.165, 1.54) is 4.57 Å². The van der Waals surface area contributed by atoms with Crippen LogP contribution in [-0.4, -0.2) is 26.1 Å². The van der Waals surface area contributed by atoms with Gasteiger partial charge in [0.15, 0.2) is 0 Å². The summed E-state index contributed by atoms with van der Waals surface area (Å²) >= 11 is 0. The maximum absolute atomic E-state index is 15.1. The predicted octanol–water partition coefficient (Wildman–Crippen LogP) is 5.80. The van der Waals surface area contributed by atoms with Crippen LogP contribution >= 0.6 is 0 Å². The summed E-state index contributed by atoms with van der Waals surface area (Å²) in [6, 6.07) is 7.80. The fourth-order valence-corrected chi connectivity index (χ4v) is 4.74. The zero-order chi connectivity index (χ0) is 26.5. The number of aromatic nitrogens is 4. The summed E-state index contributed by atoms with van der Waals surface area (Å²) in [5.74, 6) is -0.836. The molecule has 6 nitrogen and oxygen atoms in total. The Morgan fingerprint density at radius 1 is 1.08 bits per heavy atom. The molecule has 3 aromatic heterocycles. The SMILES string of the molecule is Cc1cc(C2CC(c3cc4c(=O)n(C)c(C)nc4c(-c4ccc(C(F)(F)F)cc4F)n3)CCO2)ccn1. The lowest BCUT2D eigenvalue weighted by Crippen LogP contribution is -2.23. The number of fused-ring (bicyclic) bond motifs is 1. The van der Waals surface area contributed by atoms with Gasteiger partial charge < -0.3 is 4.74 Å². The molecule has 0 spiro atoms. The van der Waals surface area contributed by atoms with Crippen LogP contribution < -0.4 is 5.56 Å². The van der Waals surface area contributed by atoms with E-state index in [0.29, 0.717) is 37.0 Å². The number of nitrogens with zero attached hydrogens (tertiary/aromatic N) is 4. The van der Waals surface area contributed by atoms with Crippen molar-refractivity contribution in [2.45, 2.75) is 44.9 Å². The molecular weight excluding hydrogens is 488 g/mol. The number of ether oxygens (including phenoxy) is 1. The largest absolute Gasteiger partial charge is 0.416 e. The maximum atomic E-state index is 15.1. The van der Waals surface area contributed by atoms with Gasteiger partial charge >= 0.3 is 6.18 Å². The Labute approximate surface area is 210 Å². The monoisotopic (exact) mass is 512 g/mol. The van der Waals surface area contributed by atoms with Gasteiger partial charge in [-0.15, -0.1) is 0 Å². The number of hydrogen-bond donors (Lipinski definition) is 0. The molecule has 37 heavy (non-hydrogen) atoms. The molecule has 1 aromatic carbocycles. The van der Waals surface area contributed by atoms with Crippen molar-refractivity contribution in [2.24, 2.45) is 7.05 Å². The van der Waals surface area contributed by atoms with Crippen molar-refractivity contribution >= 4 is 10.9 Å². The molecule has 0 amide bonds. The van der Waals surface area contributed by atoms with Gasteiger partial charge in [0.05, 0.1) is 22.7 Å². The lowest BCUT2D eigenvalue weighted by molar-refractivity contribution is -0.137. The number of hydrogen-bond acceptors (Lipinski definition) is 5. The first-order valence-electron chi connectivity index (χ1n) is 11.8. The predicted molar refractivity (Wildman–Crippen MR) is 130 cm³/mol. The standard InChI is InChI=1S/C27H24F4N4O2/c1-14-10-17(6-8-32-14)23-11-16(7-9-37-23)22-13-20-25(33-15(2)35(3)26(20)36)24(34-22)19-5-4-18(12-21(19)28)27(29,30)31/h4-6,8,10,12-13,16,23H,7,9,11H2,1-3H3. The van der Waals surface area contributed by atoms with Crippen molar-refractivity contribution in [1.29, 1.82) is 0 Å². The fraction of sp³-hybridized carbons (Fsp3) is 0.333. The zero-order valence-corrected chi connectivity index (χ0v) is 20.4. The highest BCUT2D eigenvalue weighted by molar-refractivity contribution is 5.91. The van der Waals surface area contributed by atoms with Crippen molar-refractivity contribution in [1.82, 2.24) is 19.5 Å². The molecule has 0 bridgehead atoms. The molecule has 2 unspecified atom stereocenters. The smallest absolute Gasteiger partial charge is 0.373 e. The van der Waals surface area contributed by atoms with Crippen LogP contribution in [0.1, 0.15) is 53.2 Å². The molecule has 1 aliphatic rings. The Balaban J connectivity index is 1.66. The summed E-state index contributed by atoms with van der Waals surface area (Å²) in [7, 11) is 1.58. The van der Waals surface area contributed by atoms with Crippen molar-refractivity contribution in [3.8, 4) is 11.3 Å². The van der Waals surface area contributed by atoms with E-state index in [2.05, 4.69) is 9.97 Å². The second-order valence-corrected chi connectivity index (χ2v) is 9.32. The van der Waals surface area contributed by atoms with E-state index in [1.807, 2.05) is 19.1 Å². The zero-order valence-electron chi connectivity index (χ0n) is 20.4. The molecule has 0 aliphatic carbocycles. The van der Waals surface area contributed by atoms with Crippen molar-refractivity contribution < 1.29 is 22.3 Å². The average Bonchev–Trinajstić information content (AvgIpc) is 2.86. The minimum atomic E-state index is -4.69. The Kier molecular flexibility index (Phi) is 6.31. The molecule has 5 rings (SSSR count). The highest BCUT2D eigenvalue weighted by Gasteiger charge is 2.32. The third-order valence-corrected chi connectivity index (χ3v) is 6.85. The van der Waals surface area contributed by atoms with E-state index in [4.69, 9.17) is 9.72 Å². The van der Waals surface area contributed by atoms with E-state index in [-0.39, 0.29) is 39.7 Å².